The third kappa shape index (κ3) is 3.11. The highest BCUT2D eigenvalue weighted by Crippen LogP contribution is 2.27. The summed E-state index contributed by atoms with van der Waals surface area (Å²) in [6, 6.07) is 12.1. The zero-order chi connectivity index (χ0) is 18.9. The Balaban J connectivity index is 1.44. The molecule has 0 atom stereocenters. The third-order valence-corrected chi connectivity index (χ3v) is 5.62. The van der Waals surface area contributed by atoms with Crippen LogP contribution in [0.1, 0.15) is 16.8 Å². The average molecular weight is 376 g/mol. The maximum Gasteiger partial charge on any atom is 0.242 e. The van der Waals surface area contributed by atoms with E-state index in [-0.39, 0.29) is 5.91 Å². The Hall–Kier alpha value is -2.93. The van der Waals surface area contributed by atoms with E-state index in [9.17, 15) is 4.79 Å². The minimum Gasteiger partial charge on any atom is -0.345 e. The summed E-state index contributed by atoms with van der Waals surface area (Å²) in [5, 5.41) is 7.96. The van der Waals surface area contributed by atoms with E-state index in [0.717, 1.165) is 49.6 Å². The lowest BCUT2D eigenvalue weighted by Gasteiger charge is -2.36. The van der Waals surface area contributed by atoms with Crippen LogP contribution in [0, 0.1) is 0 Å². The second kappa shape index (κ2) is 7.24. The van der Waals surface area contributed by atoms with Crippen LogP contribution in [-0.4, -0.2) is 58.1 Å². The van der Waals surface area contributed by atoms with Crippen molar-refractivity contribution in [1.82, 2.24) is 24.8 Å². The van der Waals surface area contributed by atoms with Crippen LogP contribution in [-0.2, 0) is 24.2 Å². The molecule has 1 fully saturated rings. The van der Waals surface area contributed by atoms with Gasteiger partial charge in [-0.05, 0) is 18.5 Å². The van der Waals surface area contributed by atoms with E-state index in [1.54, 1.807) is 6.20 Å². The van der Waals surface area contributed by atoms with Crippen molar-refractivity contribution < 1.29 is 4.79 Å². The first-order chi connectivity index (χ1) is 13.8. The van der Waals surface area contributed by atoms with E-state index >= 15 is 0 Å². The first-order valence-corrected chi connectivity index (χ1v) is 9.92. The first kappa shape index (κ1) is 17.2. The minimum atomic E-state index is 0.160. The van der Waals surface area contributed by atoms with E-state index in [4.69, 9.17) is 4.98 Å². The topological polar surface area (TPSA) is 65.8 Å². The second-order valence-corrected chi connectivity index (χ2v) is 7.43. The van der Waals surface area contributed by atoms with Crippen LogP contribution in [0.4, 0.5) is 5.82 Å². The maximum absolute atomic E-state index is 12.9. The lowest BCUT2D eigenvalue weighted by atomic mass is 10.1. The number of hydrogen-bond acceptors (Lipinski definition) is 5. The zero-order valence-corrected chi connectivity index (χ0v) is 15.8. The molecule has 144 valence electrons. The van der Waals surface area contributed by atoms with E-state index in [1.165, 1.54) is 11.1 Å². The standard InChI is InChI=1S/C21H24N6O/c28-20-15-26(13-12-25(20)14-16-4-2-1-3-5-16)21-17-6-9-22-10-7-18(17)24-19-8-11-23-27(19)21/h1-5,8,11,22H,6-7,9-10,12-15H2. The number of aromatic nitrogens is 3. The number of piperazine rings is 1. The molecule has 0 unspecified atom stereocenters. The van der Waals surface area contributed by atoms with Crippen LogP contribution >= 0.6 is 0 Å². The van der Waals surface area contributed by atoms with E-state index in [2.05, 4.69) is 27.4 Å². The molecule has 2 aliphatic rings. The fraction of sp³-hybridized carbons (Fsp3) is 0.381. The van der Waals surface area contributed by atoms with Crippen molar-refractivity contribution in [2.45, 2.75) is 19.4 Å². The van der Waals surface area contributed by atoms with Gasteiger partial charge in [0.05, 0.1) is 18.4 Å². The van der Waals surface area contributed by atoms with Crippen molar-refractivity contribution in [1.29, 1.82) is 0 Å². The van der Waals surface area contributed by atoms with Crippen molar-refractivity contribution in [2.24, 2.45) is 0 Å². The fourth-order valence-electron chi connectivity index (χ4n) is 4.20. The Morgan fingerprint density at radius 2 is 1.89 bits per heavy atom. The Kier molecular flexibility index (Phi) is 4.44. The van der Waals surface area contributed by atoms with Gasteiger partial charge in [-0.25, -0.2) is 4.98 Å². The molecule has 7 heteroatoms. The molecule has 1 amide bonds. The molecule has 2 aliphatic heterocycles. The van der Waals surface area contributed by atoms with Crippen molar-refractivity contribution >= 4 is 17.4 Å². The van der Waals surface area contributed by atoms with E-state index < -0.39 is 0 Å². The molecule has 4 heterocycles. The number of carbonyl (C=O) groups is 1. The summed E-state index contributed by atoms with van der Waals surface area (Å²) in [7, 11) is 0. The van der Waals surface area contributed by atoms with E-state index in [1.807, 2.05) is 33.7 Å². The monoisotopic (exact) mass is 376 g/mol. The Morgan fingerprint density at radius 1 is 1.04 bits per heavy atom. The molecule has 1 N–H and O–H groups in total. The Labute approximate surface area is 164 Å². The normalized spacial score (nSPS) is 17.6. The lowest BCUT2D eigenvalue weighted by Crippen LogP contribution is -2.50. The molecular formula is C21H24N6O. The molecule has 28 heavy (non-hydrogen) atoms. The molecule has 0 bridgehead atoms. The van der Waals surface area contributed by atoms with Gasteiger partial charge in [-0.1, -0.05) is 30.3 Å². The van der Waals surface area contributed by atoms with Crippen LogP contribution in [0.2, 0.25) is 0 Å². The van der Waals surface area contributed by atoms with Gasteiger partial charge in [-0.15, -0.1) is 0 Å². The molecule has 0 radical (unpaired) electrons. The number of amides is 1. The van der Waals surface area contributed by atoms with Crippen molar-refractivity contribution in [3.63, 3.8) is 0 Å². The fourth-order valence-corrected chi connectivity index (χ4v) is 4.20. The summed E-state index contributed by atoms with van der Waals surface area (Å²) in [5.41, 5.74) is 4.38. The van der Waals surface area contributed by atoms with Gasteiger partial charge in [0.15, 0.2) is 5.65 Å². The van der Waals surface area contributed by atoms with Gasteiger partial charge in [0, 0.05) is 44.2 Å². The van der Waals surface area contributed by atoms with Gasteiger partial charge in [-0.2, -0.15) is 9.61 Å². The highest BCUT2D eigenvalue weighted by atomic mass is 16.2. The number of nitrogens with one attached hydrogen (secondary N) is 1. The summed E-state index contributed by atoms with van der Waals surface area (Å²) >= 11 is 0. The molecule has 7 nitrogen and oxygen atoms in total. The van der Waals surface area contributed by atoms with Gasteiger partial charge in [0.2, 0.25) is 5.91 Å². The molecule has 0 aliphatic carbocycles. The number of rotatable bonds is 3. The third-order valence-electron chi connectivity index (χ3n) is 5.62. The Bertz CT molecular complexity index is 999. The van der Waals surface area contributed by atoms with Gasteiger partial charge in [-0.3, -0.25) is 4.79 Å². The van der Waals surface area contributed by atoms with Gasteiger partial charge in [0.1, 0.15) is 5.82 Å². The predicted molar refractivity (Wildman–Crippen MR) is 107 cm³/mol. The van der Waals surface area contributed by atoms with Crippen molar-refractivity contribution in [3.05, 3.63) is 59.4 Å². The summed E-state index contributed by atoms with van der Waals surface area (Å²) < 4.78 is 1.91. The Morgan fingerprint density at radius 3 is 2.75 bits per heavy atom. The number of hydrogen-bond donors (Lipinski definition) is 1. The molecule has 0 saturated carbocycles. The predicted octanol–water partition coefficient (Wildman–Crippen LogP) is 1.27. The molecule has 1 aromatic carbocycles. The highest BCUT2D eigenvalue weighted by molar-refractivity contribution is 5.83. The molecule has 3 aromatic rings. The number of carbonyl (C=O) groups excluding carboxylic acids is 1. The number of benzene rings is 1. The molecule has 2 aromatic heterocycles. The van der Waals surface area contributed by atoms with E-state index in [0.29, 0.717) is 19.6 Å². The molecular weight excluding hydrogens is 352 g/mol. The molecule has 1 saturated heterocycles. The number of nitrogens with zero attached hydrogens (tertiary/aromatic N) is 5. The molecule has 5 rings (SSSR count). The number of fused-ring (bicyclic) bond motifs is 2. The summed E-state index contributed by atoms with van der Waals surface area (Å²) in [4.78, 5) is 21.9. The van der Waals surface area contributed by atoms with Gasteiger partial charge >= 0.3 is 0 Å². The first-order valence-electron chi connectivity index (χ1n) is 9.92. The largest absolute Gasteiger partial charge is 0.345 e. The SMILES string of the molecule is O=C1CN(c2c3c(nc4ccnn24)CCNCC3)CCN1Cc1ccccc1. The maximum atomic E-state index is 12.9. The average Bonchev–Trinajstić information content (AvgIpc) is 3.05. The highest BCUT2D eigenvalue weighted by Gasteiger charge is 2.29. The molecule has 0 spiro atoms. The van der Waals surface area contributed by atoms with Crippen LogP contribution in [0.15, 0.2) is 42.6 Å². The van der Waals surface area contributed by atoms with Crippen molar-refractivity contribution in [3.8, 4) is 0 Å². The van der Waals surface area contributed by atoms with Crippen LogP contribution in [0.3, 0.4) is 0 Å². The van der Waals surface area contributed by atoms with Crippen LogP contribution < -0.4 is 10.2 Å². The van der Waals surface area contributed by atoms with Crippen LogP contribution in [0.25, 0.3) is 5.65 Å². The van der Waals surface area contributed by atoms with Gasteiger partial charge in [0.25, 0.3) is 0 Å². The number of anilines is 1. The van der Waals surface area contributed by atoms with Crippen molar-refractivity contribution in [2.75, 3.05) is 37.6 Å². The van der Waals surface area contributed by atoms with Gasteiger partial charge < -0.3 is 15.1 Å². The van der Waals surface area contributed by atoms with Crippen LogP contribution in [0.5, 0.6) is 0 Å². The minimum absolute atomic E-state index is 0.160. The lowest BCUT2D eigenvalue weighted by molar-refractivity contribution is -0.131. The summed E-state index contributed by atoms with van der Waals surface area (Å²) in [5.74, 6) is 1.20. The summed E-state index contributed by atoms with van der Waals surface area (Å²) in [6.45, 7) is 4.43. The quantitative estimate of drug-likeness (QED) is 0.746. The summed E-state index contributed by atoms with van der Waals surface area (Å²) in [6.07, 6.45) is 3.61. The zero-order valence-electron chi connectivity index (χ0n) is 15.8. The smallest absolute Gasteiger partial charge is 0.242 e. The second-order valence-electron chi connectivity index (χ2n) is 7.43.